The highest BCUT2D eigenvalue weighted by Crippen LogP contribution is 2.45. The van der Waals surface area contributed by atoms with E-state index in [1.807, 2.05) is 0 Å². The number of hydrogen-bond acceptors (Lipinski definition) is 15. The molecule has 2 unspecified atom stereocenters. The highest BCUT2D eigenvalue weighted by molar-refractivity contribution is 7.47. The van der Waals surface area contributed by atoms with Gasteiger partial charge in [-0.05, 0) is 37.5 Å². The smallest absolute Gasteiger partial charge is 0.462 e. The van der Waals surface area contributed by atoms with Gasteiger partial charge < -0.3 is 33.8 Å². The SMILES string of the molecule is CCCCCCCCCCCCCC(=O)O[C@H](COC(=O)CCCCCCCCCC)COP(=O)(O)OC[C@H](O)COP(=O)(O)OC[C@@H](COC(=O)CCCCCCCCCCCCCC(C)C)OC(=O)CCCCCCCCCCCCCCCCCCCCC(C)C. The third kappa shape index (κ3) is 68.6. The summed E-state index contributed by atoms with van der Waals surface area (Å²) in [5.41, 5.74) is 0. The largest absolute Gasteiger partial charge is 0.472 e. The molecule has 0 aliphatic rings. The third-order valence-electron chi connectivity index (χ3n) is 17.5. The summed E-state index contributed by atoms with van der Waals surface area (Å²) in [6.45, 7) is 9.60. The normalized spacial score (nSPS) is 14.0. The van der Waals surface area contributed by atoms with Crippen LogP contribution in [0.2, 0.25) is 0 Å². The van der Waals surface area contributed by atoms with Crippen molar-refractivity contribution < 1.29 is 80.2 Å². The van der Waals surface area contributed by atoms with Crippen LogP contribution in [0.1, 0.15) is 388 Å². The number of aliphatic hydroxyl groups is 1. The first kappa shape index (κ1) is 92.1. The second-order valence-corrected chi connectivity index (χ2v) is 30.9. The zero-order chi connectivity index (χ0) is 69.3. The lowest BCUT2D eigenvalue weighted by atomic mass is 10.0. The van der Waals surface area contributed by atoms with E-state index in [1.54, 1.807) is 0 Å². The number of phosphoric ester groups is 2. The summed E-state index contributed by atoms with van der Waals surface area (Å²) >= 11 is 0. The Bertz CT molecular complexity index is 1820. The first-order chi connectivity index (χ1) is 45.4. The Balaban J connectivity index is 5.17. The summed E-state index contributed by atoms with van der Waals surface area (Å²) in [7, 11) is -9.90. The molecule has 0 aromatic carbocycles. The summed E-state index contributed by atoms with van der Waals surface area (Å²) < 4.78 is 68.4. The highest BCUT2D eigenvalue weighted by Gasteiger charge is 2.30. The molecule has 0 rings (SSSR count). The van der Waals surface area contributed by atoms with E-state index < -0.39 is 97.5 Å². The van der Waals surface area contributed by atoms with Gasteiger partial charge >= 0.3 is 39.5 Å². The minimum Gasteiger partial charge on any atom is -0.462 e. The van der Waals surface area contributed by atoms with Crippen molar-refractivity contribution in [1.82, 2.24) is 0 Å². The molecular formula is C75H146O17P2. The highest BCUT2D eigenvalue weighted by atomic mass is 31.2. The van der Waals surface area contributed by atoms with Gasteiger partial charge in [-0.1, -0.05) is 337 Å². The van der Waals surface area contributed by atoms with Gasteiger partial charge in [0.25, 0.3) is 0 Å². The molecule has 0 amide bonds. The van der Waals surface area contributed by atoms with Crippen molar-refractivity contribution in [2.45, 2.75) is 407 Å². The average Bonchev–Trinajstić information content (AvgIpc) is 1.38. The van der Waals surface area contributed by atoms with Gasteiger partial charge in [0.05, 0.1) is 26.4 Å². The first-order valence-electron chi connectivity index (χ1n) is 39.0. The van der Waals surface area contributed by atoms with E-state index in [0.29, 0.717) is 25.7 Å². The molecule has 558 valence electrons. The number of phosphoric acid groups is 2. The molecule has 0 saturated carbocycles. The van der Waals surface area contributed by atoms with Crippen molar-refractivity contribution >= 4 is 39.5 Å². The summed E-state index contributed by atoms with van der Waals surface area (Å²) in [4.78, 5) is 72.6. The molecule has 17 nitrogen and oxygen atoms in total. The van der Waals surface area contributed by atoms with Crippen LogP contribution in [0.25, 0.3) is 0 Å². The molecule has 19 heteroatoms. The fraction of sp³-hybridized carbons (Fsp3) is 0.947. The number of esters is 4. The summed E-state index contributed by atoms with van der Waals surface area (Å²) in [6, 6.07) is 0. The maximum absolute atomic E-state index is 13.1. The number of hydrogen-bond donors (Lipinski definition) is 3. The third-order valence-corrected chi connectivity index (χ3v) is 19.4. The van der Waals surface area contributed by atoms with Crippen molar-refractivity contribution in [3.05, 3.63) is 0 Å². The molecule has 0 aliphatic carbocycles. The Hall–Kier alpha value is -1.94. The predicted octanol–water partition coefficient (Wildman–Crippen LogP) is 21.9. The van der Waals surface area contributed by atoms with Gasteiger partial charge in [0, 0.05) is 25.7 Å². The molecular weight excluding hydrogens is 1230 g/mol. The molecule has 0 aromatic rings. The molecule has 0 radical (unpaired) electrons. The second kappa shape index (κ2) is 66.9. The predicted molar refractivity (Wildman–Crippen MR) is 381 cm³/mol. The average molecular weight is 1380 g/mol. The van der Waals surface area contributed by atoms with Crippen molar-refractivity contribution in [2.24, 2.45) is 11.8 Å². The van der Waals surface area contributed by atoms with Crippen molar-refractivity contribution in [3.63, 3.8) is 0 Å². The first-order valence-corrected chi connectivity index (χ1v) is 42.0. The molecule has 94 heavy (non-hydrogen) atoms. The molecule has 0 bridgehead atoms. The van der Waals surface area contributed by atoms with E-state index in [4.69, 9.17) is 37.0 Å². The summed E-state index contributed by atoms with van der Waals surface area (Å²) in [6.07, 6.45) is 54.2. The standard InChI is InChI=1S/C75H146O17P2/c1-7-9-11-13-15-17-27-35-41-47-53-59-74(79)91-70(63-85-72(77)57-51-45-39-16-14-12-10-8-2)65-89-93(81,82)87-61-69(76)62-88-94(83,84)90-66-71(64-86-73(78)58-52-46-40-34-31-26-29-33-38-44-50-56-68(5)6)92-75(80)60-54-48-42-36-30-25-23-21-19-18-20-22-24-28-32-37-43-49-55-67(3)4/h67-71,76H,7-66H2,1-6H3,(H,81,82)(H,83,84)/t69-,70+,71+/m0/s1. The molecule has 0 fully saturated rings. The zero-order valence-electron chi connectivity index (χ0n) is 61.3. The summed E-state index contributed by atoms with van der Waals surface area (Å²) in [5.74, 6) is -0.528. The van der Waals surface area contributed by atoms with Gasteiger partial charge in [-0.25, -0.2) is 9.13 Å². The topological polar surface area (TPSA) is 237 Å². The molecule has 0 aromatic heterocycles. The van der Waals surface area contributed by atoms with E-state index >= 15 is 0 Å². The van der Waals surface area contributed by atoms with Crippen LogP contribution in [-0.4, -0.2) is 96.7 Å². The minimum atomic E-state index is -4.96. The van der Waals surface area contributed by atoms with E-state index in [1.165, 1.54) is 199 Å². The van der Waals surface area contributed by atoms with Gasteiger partial charge in [-0.15, -0.1) is 0 Å². The number of carbonyl (C=O) groups is 4. The lowest BCUT2D eigenvalue weighted by molar-refractivity contribution is -0.161. The monoisotopic (exact) mass is 1380 g/mol. The zero-order valence-corrected chi connectivity index (χ0v) is 63.1. The van der Waals surface area contributed by atoms with Gasteiger partial charge in [0.2, 0.25) is 0 Å². The quantitative estimate of drug-likeness (QED) is 0.0222. The molecule has 5 atom stereocenters. The lowest BCUT2D eigenvalue weighted by Gasteiger charge is -2.21. The number of ether oxygens (including phenoxy) is 4. The van der Waals surface area contributed by atoms with E-state index in [9.17, 15) is 43.2 Å². The summed E-state index contributed by atoms with van der Waals surface area (Å²) in [5, 5.41) is 10.6. The van der Waals surface area contributed by atoms with Crippen LogP contribution < -0.4 is 0 Å². The number of aliphatic hydroxyl groups excluding tert-OH is 1. The Morgan fingerprint density at radius 1 is 0.287 bits per heavy atom. The van der Waals surface area contributed by atoms with Crippen LogP contribution in [0.4, 0.5) is 0 Å². The Morgan fingerprint density at radius 3 is 0.723 bits per heavy atom. The van der Waals surface area contributed by atoms with Gasteiger partial charge in [0.15, 0.2) is 12.2 Å². The van der Waals surface area contributed by atoms with Crippen molar-refractivity contribution in [2.75, 3.05) is 39.6 Å². The molecule has 0 saturated heterocycles. The maximum Gasteiger partial charge on any atom is 0.472 e. The van der Waals surface area contributed by atoms with Crippen LogP contribution >= 0.6 is 15.6 Å². The van der Waals surface area contributed by atoms with Gasteiger partial charge in [-0.3, -0.25) is 37.3 Å². The Labute approximate surface area is 575 Å². The number of rotatable bonds is 74. The molecule has 0 spiro atoms. The molecule has 0 heterocycles. The molecule has 3 N–H and O–H groups in total. The van der Waals surface area contributed by atoms with E-state index in [-0.39, 0.29) is 25.7 Å². The van der Waals surface area contributed by atoms with Crippen LogP contribution in [0.15, 0.2) is 0 Å². The molecule has 0 aliphatic heterocycles. The Kier molecular flexibility index (Phi) is 65.5. The number of carbonyl (C=O) groups excluding carboxylic acids is 4. The lowest BCUT2D eigenvalue weighted by Crippen LogP contribution is -2.30. The minimum absolute atomic E-state index is 0.107. The number of unbranched alkanes of at least 4 members (excludes halogenated alkanes) is 44. The van der Waals surface area contributed by atoms with Gasteiger partial charge in [0.1, 0.15) is 19.3 Å². The van der Waals surface area contributed by atoms with Crippen molar-refractivity contribution in [1.29, 1.82) is 0 Å². The van der Waals surface area contributed by atoms with Crippen LogP contribution in [-0.2, 0) is 65.4 Å². The fourth-order valence-electron chi connectivity index (χ4n) is 11.5. The second-order valence-electron chi connectivity index (χ2n) is 28.0. The van der Waals surface area contributed by atoms with Crippen LogP contribution in [0.5, 0.6) is 0 Å². The fourth-order valence-corrected chi connectivity index (χ4v) is 13.1. The van der Waals surface area contributed by atoms with Crippen LogP contribution in [0, 0.1) is 11.8 Å². The van der Waals surface area contributed by atoms with Crippen LogP contribution in [0.3, 0.4) is 0 Å². The Morgan fingerprint density at radius 2 is 0.489 bits per heavy atom. The van der Waals surface area contributed by atoms with Gasteiger partial charge in [-0.2, -0.15) is 0 Å². The van der Waals surface area contributed by atoms with E-state index in [0.717, 1.165) is 108 Å². The van der Waals surface area contributed by atoms with E-state index in [2.05, 4.69) is 41.5 Å². The van der Waals surface area contributed by atoms with Crippen molar-refractivity contribution in [3.8, 4) is 0 Å². The maximum atomic E-state index is 13.1.